The molecule has 3 heteroatoms. The van der Waals surface area contributed by atoms with Crippen molar-refractivity contribution >= 4 is 82.8 Å². The number of furan rings is 1. The van der Waals surface area contributed by atoms with Gasteiger partial charge in [0.2, 0.25) is 0 Å². The fourth-order valence-corrected chi connectivity index (χ4v) is 9.68. The molecule has 0 radical (unpaired) electrons. The third kappa shape index (κ3) is 5.81. The maximum absolute atomic E-state index is 6.66. The summed E-state index contributed by atoms with van der Waals surface area (Å²) < 4.78 is 9.12. The molecular formula is C58H40N2O. The van der Waals surface area contributed by atoms with E-state index in [4.69, 9.17) is 4.42 Å². The first-order valence-corrected chi connectivity index (χ1v) is 21.2. The van der Waals surface area contributed by atoms with Gasteiger partial charge in [-0.25, -0.2) is 0 Å². The highest BCUT2D eigenvalue weighted by Crippen LogP contribution is 2.46. The Kier molecular flexibility index (Phi) is 8.31. The molecule has 0 amide bonds. The van der Waals surface area contributed by atoms with Crippen LogP contribution in [0.4, 0.5) is 17.1 Å². The molecule has 0 fully saturated rings. The van der Waals surface area contributed by atoms with E-state index >= 15 is 0 Å². The van der Waals surface area contributed by atoms with Crippen LogP contribution >= 0.6 is 0 Å². The minimum Gasteiger partial charge on any atom is -0.455 e. The Bertz CT molecular complexity index is 3490. The number of para-hydroxylation sites is 5. The number of anilines is 3. The van der Waals surface area contributed by atoms with E-state index < -0.39 is 0 Å². The summed E-state index contributed by atoms with van der Waals surface area (Å²) in [6.07, 6.45) is 6.84. The van der Waals surface area contributed by atoms with Crippen LogP contribution in [0.3, 0.4) is 0 Å². The second kappa shape index (κ2) is 14.4. The highest BCUT2D eigenvalue weighted by Gasteiger charge is 2.23. The molecule has 61 heavy (non-hydrogen) atoms. The Morgan fingerprint density at radius 1 is 0.410 bits per heavy atom. The lowest BCUT2D eigenvalue weighted by Gasteiger charge is -2.29. The lowest BCUT2D eigenvalue weighted by molar-refractivity contribution is 0.670. The maximum atomic E-state index is 6.66. The minimum absolute atomic E-state index is 0.892. The average Bonchev–Trinajstić information content (AvgIpc) is 3.88. The molecule has 0 unspecified atom stereocenters. The molecule has 0 atom stereocenters. The van der Waals surface area contributed by atoms with Gasteiger partial charge in [-0.3, -0.25) is 0 Å². The van der Waals surface area contributed by atoms with Crippen molar-refractivity contribution in [3.63, 3.8) is 0 Å². The zero-order valence-corrected chi connectivity index (χ0v) is 33.5. The number of hydrogen-bond acceptors (Lipinski definition) is 2. The highest BCUT2D eigenvalue weighted by molar-refractivity contribution is 6.15. The Balaban J connectivity index is 1.04. The van der Waals surface area contributed by atoms with Gasteiger partial charge in [0.15, 0.2) is 0 Å². The van der Waals surface area contributed by atoms with Crippen molar-refractivity contribution in [3.8, 4) is 22.3 Å². The van der Waals surface area contributed by atoms with Crippen molar-refractivity contribution in [2.75, 3.05) is 4.90 Å². The number of benzene rings is 9. The lowest BCUT2D eigenvalue weighted by atomic mass is 9.94. The molecule has 0 N–H and O–H groups in total. The lowest BCUT2D eigenvalue weighted by Crippen LogP contribution is -2.12. The van der Waals surface area contributed by atoms with Crippen molar-refractivity contribution in [2.24, 2.45) is 0 Å². The normalized spacial score (nSPS) is 13.0. The van der Waals surface area contributed by atoms with Crippen LogP contribution in [0.1, 0.15) is 18.4 Å². The Hall–Kier alpha value is -7.88. The zero-order valence-electron chi connectivity index (χ0n) is 33.5. The van der Waals surface area contributed by atoms with Gasteiger partial charge in [0.05, 0.1) is 16.7 Å². The monoisotopic (exact) mass is 780 g/mol. The molecule has 11 aromatic rings. The smallest absolute Gasteiger partial charge is 0.143 e. The van der Waals surface area contributed by atoms with Gasteiger partial charge >= 0.3 is 0 Å². The average molecular weight is 781 g/mol. The SMILES string of the molecule is C1=C(c2cccc(N(c3ccc(-c4cccc5ccccc45)cc3)c3ccccc3-c3cccc4c3oc3ccccc34)c2)C(n2c3ccccc3c3ccccc32)=CCC1. The summed E-state index contributed by atoms with van der Waals surface area (Å²) in [6.45, 7) is 0. The van der Waals surface area contributed by atoms with E-state index in [0.29, 0.717) is 0 Å². The van der Waals surface area contributed by atoms with Crippen LogP contribution < -0.4 is 4.90 Å². The van der Waals surface area contributed by atoms with Crippen LogP contribution in [0.25, 0.3) is 88.0 Å². The summed E-state index contributed by atoms with van der Waals surface area (Å²) in [5, 5.41) is 7.27. The number of nitrogens with zero attached hydrogens (tertiary/aromatic N) is 2. The fraction of sp³-hybridized carbons (Fsp3) is 0.0345. The van der Waals surface area contributed by atoms with E-state index in [9.17, 15) is 0 Å². The standard InChI is InChI=1S/C58H40N2O/c1-2-20-44-39(16-1)17-14-26-45(44)40-34-36-42(37-35-40)59(54-30-9-6-24-49(54)51-27-15-28-52-50-25-7-12-33-57(50)61-58(51)52)43-19-13-18-41(38-43)46-21-3-8-29-53(46)60-55-31-10-4-22-47(55)48-23-5-11-32-56(48)60/h1-2,4-7,9-38H,3,8H2. The van der Waals surface area contributed by atoms with Gasteiger partial charge in [-0.15, -0.1) is 0 Å². The number of fused-ring (bicyclic) bond motifs is 7. The first kappa shape index (κ1) is 35.1. The van der Waals surface area contributed by atoms with E-state index in [1.165, 1.54) is 60.5 Å². The third-order valence-electron chi connectivity index (χ3n) is 12.4. The second-order valence-electron chi connectivity index (χ2n) is 15.9. The number of rotatable bonds is 7. The first-order valence-electron chi connectivity index (χ1n) is 21.2. The van der Waals surface area contributed by atoms with Crippen molar-refractivity contribution in [2.45, 2.75) is 12.8 Å². The molecule has 3 nitrogen and oxygen atoms in total. The van der Waals surface area contributed by atoms with Crippen molar-refractivity contribution in [3.05, 3.63) is 224 Å². The van der Waals surface area contributed by atoms with Gasteiger partial charge in [0.1, 0.15) is 11.2 Å². The van der Waals surface area contributed by atoms with Gasteiger partial charge in [-0.05, 0) is 88.8 Å². The number of allylic oxidation sites excluding steroid dienone is 4. The summed E-state index contributed by atoms with van der Waals surface area (Å²) in [5.74, 6) is 0. The molecule has 12 rings (SSSR count). The maximum Gasteiger partial charge on any atom is 0.143 e. The van der Waals surface area contributed by atoms with Crippen molar-refractivity contribution < 1.29 is 4.42 Å². The molecule has 2 aromatic heterocycles. The zero-order chi connectivity index (χ0) is 40.3. The van der Waals surface area contributed by atoms with E-state index in [2.05, 4.69) is 222 Å². The molecule has 1 aliphatic carbocycles. The summed E-state index contributed by atoms with van der Waals surface area (Å²) >= 11 is 0. The molecular weight excluding hydrogens is 741 g/mol. The molecule has 0 saturated carbocycles. The van der Waals surface area contributed by atoms with E-state index in [1.54, 1.807) is 0 Å². The molecule has 9 aromatic carbocycles. The van der Waals surface area contributed by atoms with Crippen molar-refractivity contribution in [1.29, 1.82) is 0 Å². The van der Waals surface area contributed by atoms with E-state index in [0.717, 1.165) is 63.0 Å². The van der Waals surface area contributed by atoms with Crippen LogP contribution in [0.5, 0.6) is 0 Å². The summed E-state index contributed by atoms with van der Waals surface area (Å²) in [5.41, 5.74) is 15.7. The van der Waals surface area contributed by atoms with Gasteiger partial charge < -0.3 is 13.9 Å². The molecule has 0 bridgehead atoms. The predicted octanol–water partition coefficient (Wildman–Crippen LogP) is 16.4. The molecule has 0 saturated heterocycles. The quantitative estimate of drug-likeness (QED) is 0.161. The van der Waals surface area contributed by atoms with Crippen LogP contribution in [0.2, 0.25) is 0 Å². The van der Waals surface area contributed by atoms with Gasteiger partial charge in [-0.2, -0.15) is 0 Å². The minimum atomic E-state index is 0.892. The van der Waals surface area contributed by atoms with E-state index in [-0.39, 0.29) is 0 Å². The van der Waals surface area contributed by atoms with Gasteiger partial charge in [0, 0.05) is 55.3 Å². The molecule has 0 aliphatic heterocycles. The Labute approximate surface area is 354 Å². The number of hydrogen-bond donors (Lipinski definition) is 0. The van der Waals surface area contributed by atoms with E-state index in [1.807, 2.05) is 6.07 Å². The topological polar surface area (TPSA) is 21.3 Å². The predicted molar refractivity (Wildman–Crippen MR) is 258 cm³/mol. The van der Waals surface area contributed by atoms with Crippen LogP contribution in [-0.4, -0.2) is 4.57 Å². The van der Waals surface area contributed by atoms with Crippen LogP contribution in [0, 0.1) is 0 Å². The van der Waals surface area contributed by atoms with Crippen molar-refractivity contribution in [1.82, 2.24) is 4.57 Å². The highest BCUT2D eigenvalue weighted by atomic mass is 16.3. The summed E-state index contributed by atoms with van der Waals surface area (Å²) in [7, 11) is 0. The molecule has 288 valence electrons. The summed E-state index contributed by atoms with van der Waals surface area (Å²) in [4.78, 5) is 2.42. The largest absolute Gasteiger partial charge is 0.455 e. The fourth-order valence-electron chi connectivity index (χ4n) is 9.68. The molecule has 1 aliphatic rings. The van der Waals surface area contributed by atoms with Gasteiger partial charge in [0.25, 0.3) is 0 Å². The van der Waals surface area contributed by atoms with Gasteiger partial charge in [-0.1, -0.05) is 170 Å². The third-order valence-corrected chi connectivity index (χ3v) is 12.4. The molecule has 2 heterocycles. The molecule has 0 spiro atoms. The summed E-state index contributed by atoms with van der Waals surface area (Å²) in [6, 6.07) is 74.5. The van der Waals surface area contributed by atoms with Crippen LogP contribution in [0.15, 0.2) is 223 Å². The first-order chi connectivity index (χ1) is 30.3. The Morgan fingerprint density at radius 3 is 1.85 bits per heavy atom. The number of aromatic nitrogens is 1. The Morgan fingerprint density at radius 2 is 1.02 bits per heavy atom. The van der Waals surface area contributed by atoms with Crippen LogP contribution in [-0.2, 0) is 0 Å². The second-order valence-corrected chi connectivity index (χ2v) is 15.9.